The highest BCUT2D eigenvalue weighted by atomic mass is 32.1. The maximum atomic E-state index is 12.6. The van der Waals surface area contributed by atoms with Gasteiger partial charge in [0.1, 0.15) is 11.5 Å². The molecule has 0 saturated heterocycles. The van der Waals surface area contributed by atoms with Gasteiger partial charge in [-0.05, 0) is 55.3 Å². The second-order valence-electron chi connectivity index (χ2n) is 6.22. The Kier molecular flexibility index (Phi) is 3.53. The van der Waals surface area contributed by atoms with Crippen molar-refractivity contribution in [3.8, 4) is 11.5 Å². The highest BCUT2D eigenvalue weighted by molar-refractivity contribution is 7.11. The van der Waals surface area contributed by atoms with E-state index >= 15 is 0 Å². The molecule has 1 fully saturated rings. The lowest BCUT2D eigenvalue weighted by atomic mass is 10.0. The van der Waals surface area contributed by atoms with Crippen LogP contribution in [0.1, 0.15) is 39.2 Å². The van der Waals surface area contributed by atoms with Crippen LogP contribution in [0.3, 0.4) is 0 Å². The fourth-order valence-electron chi connectivity index (χ4n) is 2.71. The summed E-state index contributed by atoms with van der Waals surface area (Å²) in [6, 6.07) is 5.35. The maximum absolute atomic E-state index is 12.6. The first-order valence-electron chi connectivity index (χ1n) is 7.87. The largest absolute Gasteiger partial charge is 0.452 e. The van der Waals surface area contributed by atoms with Gasteiger partial charge in [0.05, 0.1) is 11.5 Å². The Morgan fingerprint density at radius 3 is 2.75 bits per heavy atom. The molecule has 0 atom stereocenters. The third-order valence-electron chi connectivity index (χ3n) is 4.24. The molecular weight excluding hydrogens is 324 g/mol. The van der Waals surface area contributed by atoms with E-state index in [1.54, 1.807) is 29.5 Å². The van der Waals surface area contributed by atoms with Gasteiger partial charge in [-0.25, -0.2) is 0 Å². The molecule has 5 heteroatoms. The van der Waals surface area contributed by atoms with E-state index < -0.39 is 0 Å². The van der Waals surface area contributed by atoms with E-state index in [4.69, 9.17) is 9.47 Å². The number of hydrogen-bond acceptors (Lipinski definition) is 5. The number of aryl methyl sites for hydroxylation is 2. The lowest BCUT2D eigenvalue weighted by molar-refractivity contribution is -0.135. The number of benzene rings is 1. The molecule has 0 amide bonds. The molecule has 0 radical (unpaired) electrons. The highest BCUT2D eigenvalue weighted by Crippen LogP contribution is 2.39. The number of thiophene rings is 1. The van der Waals surface area contributed by atoms with Crippen molar-refractivity contribution in [2.24, 2.45) is 5.92 Å². The molecule has 1 aliphatic carbocycles. The van der Waals surface area contributed by atoms with Gasteiger partial charge in [-0.2, -0.15) is 0 Å². The van der Waals surface area contributed by atoms with E-state index in [0.29, 0.717) is 22.8 Å². The Bertz CT molecular complexity index is 887. The van der Waals surface area contributed by atoms with Crippen LogP contribution in [0.4, 0.5) is 0 Å². The molecule has 2 heterocycles. The van der Waals surface area contributed by atoms with Gasteiger partial charge < -0.3 is 9.47 Å². The quantitative estimate of drug-likeness (QED) is 0.475. The lowest BCUT2D eigenvalue weighted by Crippen LogP contribution is -2.10. The number of esters is 1. The summed E-state index contributed by atoms with van der Waals surface area (Å²) in [6.07, 6.45) is 3.56. The number of hydrogen-bond donors (Lipinski definition) is 0. The molecule has 0 spiro atoms. The summed E-state index contributed by atoms with van der Waals surface area (Å²) in [7, 11) is 0. The molecule has 0 bridgehead atoms. The summed E-state index contributed by atoms with van der Waals surface area (Å²) < 4.78 is 11.1. The zero-order valence-corrected chi connectivity index (χ0v) is 14.2. The fraction of sp³-hybridized carbons (Fsp3) is 0.263. The van der Waals surface area contributed by atoms with Gasteiger partial charge in [0.2, 0.25) is 5.78 Å². The van der Waals surface area contributed by atoms with Gasteiger partial charge in [0.15, 0.2) is 5.76 Å². The summed E-state index contributed by atoms with van der Waals surface area (Å²) >= 11 is 1.57. The van der Waals surface area contributed by atoms with E-state index in [0.717, 1.165) is 28.8 Å². The molecule has 0 N–H and O–H groups in total. The van der Waals surface area contributed by atoms with Crippen LogP contribution < -0.4 is 9.47 Å². The standard InChI is InChI=1S/C19H16O4S/c1-10-5-6-24-16(10)9-15-18(20)17-11(2)7-13(8-14(17)23-15)22-19(21)12-3-4-12/h5-9,12H,3-4H2,1-2H3/b15-9-. The second kappa shape index (κ2) is 5.60. The van der Waals surface area contributed by atoms with Crippen molar-refractivity contribution in [1.82, 2.24) is 0 Å². The van der Waals surface area contributed by atoms with Gasteiger partial charge >= 0.3 is 5.97 Å². The predicted molar refractivity (Wildman–Crippen MR) is 91.5 cm³/mol. The maximum Gasteiger partial charge on any atom is 0.314 e. The van der Waals surface area contributed by atoms with Crippen LogP contribution in [-0.2, 0) is 4.79 Å². The van der Waals surface area contributed by atoms with Gasteiger partial charge in [0, 0.05) is 17.0 Å². The molecule has 1 aromatic heterocycles. The van der Waals surface area contributed by atoms with Crippen molar-refractivity contribution in [2.75, 3.05) is 0 Å². The monoisotopic (exact) mass is 340 g/mol. The first kappa shape index (κ1) is 15.1. The third kappa shape index (κ3) is 2.65. The van der Waals surface area contributed by atoms with Gasteiger partial charge in [-0.15, -0.1) is 11.3 Å². The number of allylic oxidation sites excluding steroid dienone is 1. The fourth-order valence-corrected chi connectivity index (χ4v) is 3.55. The Morgan fingerprint density at radius 2 is 2.08 bits per heavy atom. The van der Waals surface area contributed by atoms with Crippen LogP contribution in [0.5, 0.6) is 11.5 Å². The first-order chi connectivity index (χ1) is 11.5. The number of carbonyl (C=O) groups is 2. The first-order valence-corrected chi connectivity index (χ1v) is 8.75. The molecular formula is C19H16O4S. The van der Waals surface area contributed by atoms with Crippen LogP contribution in [0, 0.1) is 19.8 Å². The molecule has 0 unspecified atom stereocenters. The van der Waals surface area contributed by atoms with E-state index in [1.807, 2.05) is 25.3 Å². The number of fused-ring (bicyclic) bond motifs is 1. The van der Waals surface area contributed by atoms with Crippen molar-refractivity contribution in [1.29, 1.82) is 0 Å². The molecule has 24 heavy (non-hydrogen) atoms. The Hall–Kier alpha value is -2.40. The number of rotatable bonds is 3. The lowest BCUT2D eigenvalue weighted by Gasteiger charge is -2.07. The zero-order valence-electron chi connectivity index (χ0n) is 13.4. The number of carbonyl (C=O) groups excluding carboxylic acids is 2. The van der Waals surface area contributed by atoms with Crippen LogP contribution in [-0.4, -0.2) is 11.8 Å². The van der Waals surface area contributed by atoms with Crippen molar-refractivity contribution in [3.05, 3.63) is 50.9 Å². The molecule has 4 nitrogen and oxygen atoms in total. The molecule has 2 aromatic rings. The smallest absolute Gasteiger partial charge is 0.314 e. The van der Waals surface area contributed by atoms with E-state index in [9.17, 15) is 9.59 Å². The van der Waals surface area contributed by atoms with Crippen molar-refractivity contribution in [3.63, 3.8) is 0 Å². The SMILES string of the molecule is Cc1ccsc1/C=C1\Oc2cc(OC(=O)C3CC3)cc(C)c2C1=O. The number of ketones is 1. The Balaban J connectivity index is 1.65. The second-order valence-corrected chi connectivity index (χ2v) is 7.16. The van der Waals surface area contributed by atoms with E-state index in [-0.39, 0.29) is 17.7 Å². The minimum Gasteiger partial charge on any atom is -0.452 e. The van der Waals surface area contributed by atoms with Crippen LogP contribution in [0.15, 0.2) is 29.3 Å². The van der Waals surface area contributed by atoms with Gasteiger partial charge in [-0.1, -0.05) is 0 Å². The number of ether oxygens (including phenoxy) is 2. The van der Waals surface area contributed by atoms with Crippen LogP contribution in [0.2, 0.25) is 0 Å². The van der Waals surface area contributed by atoms with Crippen LogP contribution >= 0.6 is 11.3 Å². The molecule has 1 saturated carbocycles. The van der Waals surface area contributed by atoms with Crippen molar-refractivity contribution in [2.45, 2.75) is 26.7 Å². The highest BCUT2D eigenvalue weighted by Gasteiger charge is 2.33. The normalized spacial score (nSPS) is 17.8. The van der Waals surface area contributed by atoms with Crippen LogP contribution in [0.25, 0.3) is 6.08 Å². The Morgan fingerprint density at radius 1 is 1.29 bits per heavy atom. The minimum absolute atomic E-state index is 0.0263. The predicted octanol–water partition coefficient (Wildman–Crippen LogP) is 4.30. The molecule has 1 aliphatic heterocycles. The van der Waals surface area contributed by atoms with Crippen molar-refractivity contribution >= 4 is 29.2 Å². The molecule has 122 valence electrons. The molecule has 1 aromatic carbocycles. The minimum atomic E-state index is -0.205. The van der Waals surface area contributed by atoms with Gasteiger partial charge in [0.25, 0.3) is 0 Å². The summed E-state index contributed by atoms with van der Waals surface area (Å²) in [5, 5.41) is 1.98. The molecule has 4 rings (SSSR count). The van der Waals surface area contributed by atoms with E-state index in [1.165, 1.54) is 0 Å². The molecule has 2 aliphatic rings. The summed E-state index contributed by atoms with van der Waals surface area (Å²) in [5.74, 6) is 0.894. The number of Topliss-reactive ketones (excluding diaryl/α,β-unsaturated/α-hetero) is 1. The summed E-state index contributed by atoms with van der Waals surface area (Å²) in [4.78, 5) is 25.4. The van der Waals surface area contributed by atoms with E-state index in [2.05, 4.69) is 0 Å². The summed E-state index contributed by atoms with van der Waals surface area (Å²) in [5.41, 5.74) is 2.40. The average Bonchev–Trinajstić information content (AvgIpc) is 3.24. The van der Waals surface area contributed by atoms with Crippen molar-refractivity contribution < 1.29 is 19.1 Å². The summed E-state index contributed by atoms with van der Waals surface area (Å²) in [6.45, 7) is 3.82. The Labute approximate surface area is 143 Å². The third-order valence-corrected chi connectivity index (χ3v) is 5.20. The van der Waals surface area contributed by atoms with Gasteiger partial charge in [-0.3, -0.25) is 9.59 Å². The zero-order chi connectivity index (χ0) is 16.8. The average molecular weight is 340 g/mol. The topological polar surface area (TPSA) is 52.6 Å².